The number of carbonyl (C=O) groups is 1. The zero-order chi connectivity index (χ0) is 12.0. The number of carbonyl (C=O) groups excluding carboxylic acids is 1. The molecule has 0 aliphatic rings. The molecule has 2 nitrogen and oxygen atoms in total. The summed E-state index contributed by atoms with van der Waals surface area (Å²) in [6, 6.07) is 8.12. The fraction of sp³-hybridized carbons (Fsp3) is 0.500. The lowest BCUT2D eigenvalue weighted by Gasteiger charge is -2.07. The minimum Gasteiger partial charge on any atom is -0.326 e. The number of nitrogens with one attached hydrogen (secondary N) is 1. The summed E-state index contributed by atoms with van der Waals surface area (Å²) in [5.74, 6) is 0.764. The van der Waals surface area contributed by atoms with Gasteiger partial charge in [0.25, 0.3) is 0 Å². The van der Waals surface area contributed by atoms with Crippen molar-refractivity contribution in [1.82, 2.24) is 0 Å². The van der Waals surface area contributed by atoms with Crippen LogP contribution in [0.4, 0.5) is 5.69 Å². The van der Waals surface area contributed by atoms with Crippen molar-refractivity contribution in [2.75, 3.05) is 5.32 Å². The molecule has 0 radical (unpaired) electrons. The maximum absolute atomic E-state index is 11.4. The molecule has 2 heteroatoms. The van der Waals surface area contributed by atoms with E-state index < -0.39 is 0 Å². The number of hydrogen-bond acceptors (Lipinski definition) is 1. The van der Waals surface area contributed by atoms with Gasteiger partial charge < -0.3 is 5.32 Å². The first-order valence-corrected chi connectivity index (χ1v) is 6.00. The molecule has 1 aromatic rings. The van der Waals surface area contributed by atoms with Crippen LogP contribution in [-0.2, 0) is 11.2 Å². The van der Waals surface area contributed by atoms with E-state index in [-0.39, 0.29) is 5.91 Å². The highest BCUT2D eigenvalue weighted by molar-refractivity contribution is 5.90. The highest BCUT2D eigenvalue weighted by atomic mass is 16.1. The van der Waals surface area contributed by atoms with Crippen molar-refractivity contribution in [1.29, 1.82) is 0 Å². The topological polar surface area (TPSA) is 29.1 Å². The van der Waals surface area contributed by atoms with Crippen LogP contribution < -0.4 is 5.32 Å². The molecule has 0 aliphatic carbocycles. The first-order chi connectivity index (χ1) is 7.61. The number of hydrogen-bond donors (Lipinski definition) is 1. The minimum absolute atomic E-state index is 0.0964. The number of amides is 1. The Morgan fingerprint density at radius 2 is 1.88 bits per heavy atom. The number of rotatable bonds is 5. The van der Waals surface area contributed by atoms with Gasteiger partial charge in [-0.3, -0.25) is 4.79 Å². The van der Waals surface area contributed by atoms with Crippen LogP contribution in [0.15, 0.2) is 24.3 Å². The molecule has 0 fully saturated rings. The molecule has 1 aromatic carbocycles. The molecule has 0 aromatic heterocycles. The quantitative estimate of drug-likeness (QED) is 0.805. The van der Waals surface area contributed by atoms with E-state index in [4.69, 9.17) is 0 Å². The third kappa shape index (κ3) is 4.47. The molecule has 0 saturated heterocycles. The molecule has 1 amide bonds. The Morgan fingerprint density at radius 3 is 2.38 bits per heavy atom. The largest absolute Gasteiger partial charge is 0.326 e. The fourth-order valence-electron chi connectivity index (χ4n) is 1.65. The van der Waals surface area contributed by atoms with Gasteiger partial charge in [-0.15, -0.1) is 0 Å². The molecule has 0 spiro atoms. The summed E-state index contributed by atoms with van der Waals surface area (Å²) >= 11 is 0. The Morgan fingerprint density at radius 1 is 1.25 bits per heavy atom. The van der Waals surface area contributed by atoms with Crippen molar-refractivity contribution < 1.29 is 4.79 Å². The van der Waals surface area contributed by atoms with E-state index in [1.54, 1.807) is 0 Å². The molecule has 0 aliphatic heterocycles. The summed E-state index contributed by atoms with van der Waals surface area (Å²) in [6.45, 7) is 6.42. The first kappa shape index (κ1) is 12.8. The second-order valence-electron chi connectivity index (χ2n) is 4.59. The highest BCUT2D eigenvalue weighted by Crippen LogP contribution is 2.13. The lowest BCUT2D eigenvalue weighted by Crippen LogP contribution is -2.10. The second kappa shape index (κ2) is 6.31. The van der Waals surface area contributed by atoms with Gasteiger partial charge in [-0.05, 0) is 36.5 Å². The zero-order valence-corrected chi connectivity index (χ0v) is 10.4. The van der Waals surface area contributed by atoms with E-state index in [0.29, 0.717) is 12.3 Å². The van der Waals surface area contributed by atoms with E-state index in [1.165, 1.54) is 5.56 Å². The molecule has 1 rings (SSSR count). The summed E-state index contributed by atoms with van der Waals surface area (Å²) in [5, 5.41) is 2.88. The Bertz CT molecular complexity index is 327. The van der Waals surface area contributed by atoms with Crippen LogP contribution in [-0.4, -0.2) is 5.91 Å². The third-order valence-corrected chi connectivity index (χ3v) is 2.36. The summed E-state index contributed by atoms with van der Waals surface area (Å²) in [6.07, 6.45) is 2.56. The fourth-order valence-corrected chi connectivity index (χ4v) is 1.65. The smallest absolute Gasteiger partial charge is 0.224 e. The van der Waals surface area contributed by atoms with E-state index in [9.17, 15) is 4.79 Å². The standard InChI is InChI=1S/C14H21NO/c1-4-5-14(16)15-13-8-6-12(7-9-13)10-11(2)3/h6-9,11H,4-5,10H2,1-3H3,(H,15,16). The molecule has 0 atom stereocenters. The number of benzene rings is 1. The molecular formula is C14H21NO. The Hall–Kier alpha value is -1.31. The molecule has 1 N–H and O–H groups in total. The highest BCUT2D eigenvalue weighted by Gasteiger charge is 2.01. The van der Waals surface area contributed by atoms with Crippen molar-refractivity contribution in [3.05, 3.63) is 29.8 Å². The maximum atomic E-state index is 11.4. The van der Waals surface area contributed by atoms with Crippen LogP contribution in [0.2, 0.25) is 0 Å². The van der Waals surface area contributed by atoms with Crippen molar-refractivity contribution in [3.8, 4) is 0 Å². The summed E-state index contributed by atoms with van der Waals surface area (Å²) in [4.78, 5) is 11.4. The summed E-state index contributed by atoms with van der Waals surface area (Å²) < 4.78 is 0. The monoisotopic (exact) mass is 219 g/mol. The molecule has 0 saturated carbocycles. The van der Waals surface area contributed by atoms with Crippen LogP contribution >= 0.6 is 0 Å². The van der Waals surface area contributed by atoms with E-state index in [1.807, 2.05) is 19.1 Å². The van der Waals surface area contributed by atoms with Gasteiger partial charge in [-0.25, -0.2) is 0 Å². The second-order valence-corrected chi connectivity index (χ2v) is 4.59. The van der Waals surface area contributed by atoms with Gasteiger partial charge in [0.15, 0.2) is 0 Å². The van der Waals surface area contributed by atoms with Gasteiger partial charge in [0, 0.05) is 12.1 Å². The van der Waals surface area contributed by atoms with Crippen LogP contribution in [0.3, 0.4) is 0 Å². The predicted molar refractivity (Wildman–Crippen MR) is 68.5 cm³/mol. The average molecular weight is 219 g/mol. The zero-order valence-electron chi connectivity index (χ0n) is 10.4. The van der Waals surface area contributed by atoms with Gasteiger partial charge in [-0.1, -0.05) is 32.9 Å². The van der Waals surface area contributed by atoms with Gasteiger partial charge >= 0.3 is 0 Å². The summed E-state index contributed by atoms with van der Waals surface area (Å²) in [5.41, 5.74) is 2.22. The average Bonchev–Trinajstić information content (AvgIpc) is 2.20. The van der Waals surface area contributed by atoms with Crippen LogP contribution in [0.1, 0.15) is 39.2 Å². The normalized spacial score (nSPS) is 10.5. The van der Waals surface area contributed by atoms with E-state index in [2.05, 4.69) is 31.3 Å². The van der Waals surface area contributed by atoms with Gasteiger partial charge in [-0.2, -0.15) is 0 Å². The Kier molecular flexibility index (Phi) is 5.03. The van der Waals surface area contributed by atoms with Crippen molar-refractivity contribution >= 4 is 11.6 Å². The van der Waals surface area contributed by atoms with E-state index in [0.717, 1.165) is 18.5 Å². The van der Waals surface area contributed by atoms with Crippen LogP contribution in [0.5, 0.6) is 0 Å². The third-order valence-electron chi connectivity index (χ3n) is 2.36. The van der Waals surface area contributed by atoms with Crippen molar-refractivity contribution in [3.63, 3.8) is 0 Å². The first-order valence-electron chi connectivity index (χ1n) is 6.00. The van der Waals surface area contributed by atoms with Crippen molar-refractivity contribution in [2.24, 2.45) is 5.92 Å². The van der Waals surface area contributed by atoms with E-state index >= 15 is 0 Å². The minimum atomic E-state index is 0.0964. The van der Waals surface area contributed by atoms with Gasteiger partial charge in [0.05, 0.1) is 0 Å². The molecule has 0 bridgehead atoms. The summed E-state index contributed by atoms with van der Waals surface area (Å²) in [7, 11) is 0. The van der Waals surface area contributed by atoms with Gasteiger partial charge in [0.1, 0.15) is 0 Å². The van der Waals surface area contributed by atoms with Gasteiger partial charge in [0.2, 0.25) is 5.91 Å². The lowest BCUT2D eigenvalue weighted by molar-refractivity contribution is -0.116. The number of anilines is 1. The van der Waals surface area contributed by atoms with Crippen molar-refractivity contribution in [2.45, 2.75) is 40.0 Å². The SMILES string of the molecule is CCCC(=O)Nc1ccc(CC(C)C)cc1. The molecule has 88 valence electrons. The molecular weight excluding hydrogens is 198 g/mol. The molecule has 0 unspecified atom stereocenters. The maximum Gasteiger partial charge on any atom is 0.224 e. The Labute approximate surface area is 98.1 Å². The Balaban J connectivity index is 2.54. The molecule has 16 heavy (non-hydrogen) atoms. The lowest BCUT2D eigenvalue weighted by atomic mass is 10.0. The van der Waals surface area contributed by atoms with Crippen LogP contribution in [0.25, 0.3) is 0 Å². The van der Waals surface area contributed by atoms with Crippen LogP contribution in [0, 0.1) is 5.92 Å². The predicted octanol–water partition coefficient (Wildman–Crippen LogP) is 3.62. The molecule has 0 heterocycles.